The fourth-order valence-corrected chi connectivity index (χ4v) is 2.56. The smallest absolute Gasteiger partial charge is 0.151 e. The van der Waals surface area contributed by atoms with Crippen LogP contribution in [0.4, 0.5) is 0 Å². The summed E-state index contributed by atoms with van der Waals surface area (Å²) in [5.74, 6) is 0.530. The monoisotopic (exact) mass is 255 g/mol. The molecule has 1 aromatic carbocycles. The largest absolute Gasteiger partial charge is 0.348 e. The minimum absolute atomic E-state index is 0.530. The number of aryl methyl sites for hydroxylation is 1. The molecule has 0 saturated carbocycles. The molecule has 0 fully saturated rings. The molecule has 0 bridgehead atoms. The molecular weight excluding hydrogens is 234 g/mol. The van der Waals surface area contributed by atoms with Gasteiger partial charge in [-0.15, -0.1) is 0 Å². The van der Waals surface area contributed by atoms with Crippen LogP contribution in [0.15, 0.2) is 36.4 Å². The van der Waals surface area contributed by atoms with Gasteiger partial charge in [-0.3, -0.25) is 4.79 Å². The van der Waals surface area contributed by atoms with Gasteiger partial charge in [0.1, 0.15) is 0 Å². The normalized spacial score (nSPS) is 12.4. The number of carbonyl (C=O) groups is 1. The summed E-state index contributed by atoms with van der Waals surface area (Å²) in [5, 5.41) is 0. The SMILES string of the molecule is Cc1cc(C=O)c(C)n1CCC(C)c1ccccc1. The highest BCUT2D eigenvalue weighted by Crippen LogP contribution is 2.21. The van der Waals surface area contributed by atoms with Crippen molar-refractivity contribution in [3.63, 3.8) is 0 Å². The summed E-state index contributed by atoms with van der Waals surface area (Å²) in [6, 6.07) is 12.5. The number of carbonyl (C=O) groups excluding carboxylic acids is 1. The average molecular weight is 255 g/mol. The van der Waals surface area contributed by atoms with Crippen LogP contribution in [0, 0.1) is 13.8 Å². The van der Waals surface area contributed by atoms with Crippen LogP contribution in [0.1, 0.15) is 46.6 Å². The maximum absolute atomic E-state index is 10.9. The topological polar surface area (TPSA) is 22.0 Å². The van der Waals surface area contributed by atoms with Crippen LogP contribution in [-0.2, 0) is 6.54 Å². The van der Waals surface area contributed by atoms with Gasteiger partial charge in [-0.1, -0.05) is 37.3 Å². The van der Waals surface area contributed by atoms with Crippen LogP contribution in [0.3, 0.4) is 0 Å². The first-order chi connectivity index (χ1) is 9.13. The average Bonchev–Trinajstić information content (AvgIpc) is 2.72. The van der Waals surface area contributed by atoms with Crippen molar-refractivity contribution in [1.82, 2.24) is 4.57 Å². The van der Waals surface area contributed by atoms with Crippen molar-refractivity contribution >= 4 is 6.29 Å². The molecule has 0 amide bonds. The Balaban J connectivity index is 2.07. The Kier molecular flexibility index (Phi) is 4.20. The van der Waals surface area contributed by atoms with Crippen LogP contribution in [0.5, 0.6) is 0 Å². The predicted octanol–water partition coefficient (Wildman–Crippen LogP) is 4.11. The molecule has 1 heterocycles. The summed E-state index contributed by atoms with van der Waals surface area (Å²) in [5.41, 5.74) is 4.43. The van der Waals surface area contributed by atoms with Gasteiger partial charge in [-0.05, 0) is 37.8 Å². The number of aldehydes is 1. The molecule has 1 aromatic heterocycles. The second-order valence-corrected chi connectivity index (χ2v) is 5.20. The Morgan fingerprint density at radius 3 is 2.47 bits per heavy atom. The summed E-state index contributed by atoms with van der Waals surface area (Å²) in [7, 11) is 0. The van der Waals surface area contributed by atoms with Crippen LogP contribution in [0.25, 0.3) is 0 Å². The van der Waals surface area contributed by atoms with Crippen molar-refractivity contribution in [3.05, 3.63) is 58.9 Å². The maximum Gasteiger partial charge on any atom is 0.151 e. The molecule has 1 atom stereocenters. The van der Waals surface area contributed by atoms with E-state index in [4.69, 9.17) is 0 Å². The number of aromatic nitrogens is 1. The van der Waals surface area contributed by atoms with E-state index in [1.54, 1.807) is 0 Å². The second kappa shape index (κ2) is 5.87. The lowest BCUT2D eigenvalue weighted by atomic mass is 9.98. The van der Waals surface area contributed by atoms with Crippen molar-refractivity contribution in [2.45, 2.75) is 39.7 Å². The molecule has 0 N–H and O–H groups in total. The fourth-order valence-electron chi connectivity index (χ4n) is 2.56. The summed E-state index contributed by atoms with van der Waals surface area (Å²) in [4.78, 5) is 10.9. The number of hydrogen-bond acceptors (Lipinski definition) is 1. The second-order valence-electron chi connectivity index (χ2n) is 5.20. The molecular formula is C17H21NO. The highest BCUT2D eigenvalue weighted by molar-refractivity contribution is 5.77. The molecule has 0 spiro atoms. The van der Waals surface area contributed by atoms with Crippen molar-refractivity contribution in [2.75, 3.05) is 0 Å². The van der Waals surface area contributed by atoms with Crippen molar-refractivity contribution in [3.8, 4) is 0 Å². The first-order valence-corrected chi connectivity index (χ1v) is 6.80. The van der Waals surface area contributed by atoms with Gasteiger partial charge in [0.25, 0.3) is 0 Å². The lowest BCUT2D eigenvalue weighted by Gasteiger charge is -2.15. The minimum Gasteiger partial charge on any atom is -0.348 e. The Morgan fingerprint density at radius 2 is 1.89 bits per heavy atom. The Hall–Kier alpha value is -1.83. The van der Waals surface area contributed by atoms with E-state index in [0.717, 1.165) is 30.5 Å². The van der Waals surface area contributed by atoms with Gasteiger partial charge in [0.05, 0.1) is 0 Å². The lowest BCUT2D eigenvalue weighted by Crippen LogP contribution is -2.06. The third kappa shape index (κ3) is 2.95. The summed E-state index contributed by atoms with van der Waals surface area (Å²) in [6.07, 6.45) is 2.03. The standard InChI is InChI=1S/C17H21NO/c1-13(16-7-5-4-6-8-16)9-10-18-14(2)11-17(12-19)15(18)3/h4-8,11-13H,9-10H2,1-3H3. The summed E-state index contributed by atoms with van der Waals surface area (Å²) < 4.78 is 2.24. The van der Waals surface area contributed by atoms with E-state index in [1.807, 2.05) is 19.1 Å². The quantitative estimate of drug-likeness (QED) is 0.737. The first kappa shape index (κ1) is 13.6. The van der Waals surface area contributed by atoms with E-state index < -0.39 is 0 Å². The van der Waals surface area contributed by atoms with Crippen LogP contribution >= 0.6 is 0 Å². The molecule has 1 unspecified atom stereocenters. The minimum atomic E-state index is 0.530. The van der Waals surface area contributed by atoms with Gasteiger partial charge in [-0.2, -0.15) is 0 Å². The van der Waals surface area contributed by atoms with E-state index in [0.29, 0.717) is 5.92 Å². The lowest BCUT2D eigenvalue weighted by molar-refractivity contribution is 0.112. The number of hydrogen-bond donors (Lipinski definition) is 0. The molecule has 0 saturated heterocycles. The first-order valence-electron chi connectivity index (χ1n) is 6.80. The van der Waals surface area contributed by atoms with Crippen molar-refractivity contribution in [2.24, 2.45) is 0 Å². The number of nitrogens with zero attached hydrogens (tertiary/aromatic N) is 1. The van der Waals surface area contributed by atoms with Crippen LogP contribution in [-0.4, -0.2) is 10.9 Å². The molecule has 0 radical (unpaired) electrons. The summed E-state index contributed by atoms with van der Waals surface area (Å²) >= 11 is 0. The van der Waals surface area contributed by atoms with Gasteiger partial charge >= 0.3 is 0 Å². The van der Waals surface area contributed by atoms with E-state index in [1.165, 1.54) is 11.3 Å². The van der Waals surface area contributed by atoms with Gasteiger partial charge < -0.3 is 4.57 Å². The molecule has 0 aliphatic heterocycles. The number of benzene rings is 1. The molecule has 19 heavy (non-hydrogen) atoms. The van der Waals surface area contributed by atoms with E-state index in [-0.39, 0.29) is 0 Å². The highest BCUT2D eigenvalue weighted by Gasteiger charge is 2.10. The van der Waals surface area contributed by atoms with Gasteiger partial charge in [0.2, 0.25) is 0 Å². The fraction of sp³-hybridized carbons (Fsp3) is 0.353. The zero-order valence-electron chi connectivity index (χ0n) is 11.9. The Morgan fingerprint density at radius 1 is 1.21 bits per heavy atom. The van der Waals surface area contributed by atoms with Crippen LogP contribution in [0.2, 0.25) is 0 Å². The molecule has 0 aliphatic carbocycles. The van der Waals surface area contributed by atoms with Gasteiger partial charge in [0.15, 0.2) is 6.29 Å². The molecule has 2 heteroatoms. The third-order valence-corrected chi connectivity index (χ3v) is 3.89. The maximum atomic E-state index is 10.9. The molecule has 100 valence electrons. The van der Waals surface area contributed by atoms with E-state index in [2.05, 4.69) is 42.7 Å². The molecule has 2 aromatic rings. The Bertz CT molecular complexity index is 554. The van der Waals surface area contributed by atoms with Gasteiger partial charge in [0, 0.05) is 23.5 Å². The Labute approximate surface area is 115 Å². The van der Waals surface area contributed by atoms with E-state index in [9.17, 15) is 4.79 Å². The predicted molar refractivity (Wildman–Crippen MR) is 78.8 cm³/mol. The molecule has 2 nitrogen and oxygen atoms in total. The van der Waals surface area contributed by atoms with Crippen molar-refractivity contribution in [1.29, 1.82) is 0 Å². The third-order valence-electron chi connectivity index (χ3n) is 3.89. The molecule has 2 rings (SSSR count). The van der Waals surface area contributed by atoms with Crippen molar-refractivity contribution < 1.29 is 4.79 Å². The molecule has 0 aliphatic rings. The number of rotatable bonds is 5. The van der Waals surface area contributed by atoms with E-state index >= 15 is 0 Å². The zero-order chi connectivity index (χ0) is 13.8. The summed E-state index contributed by atoms with van der Waals surface area (Å²) in [6.45, 7) is 7.29. The van der Waals surface area contributed by atoms with Gasteiger partial charge in [-0.25, -0.2) is 0 Å². The van der Waals surface area contributed by atoms with Crippen LogP contribution < -0.4 is 0 Å². The highest BCUT2D eigenvalue weighted by atomic mass is 16.1. The zero-order valence-corrected chi connectivity index (χ0v) is 11.9.